The van der Waals surface area contributed by atoms with E-state index in [4.69, 9.17) is 9.84 Å². The van der Waals surface area contributed by atoms with Crippen LogP contribution in [0.25, 0.3) is 0 Å². The van der Waals surface area contributed by atoms with E-state index in [0.29, 0.717) is 0 Å². The molecule has 0 amide bonds. The van der Waals surface area contributed by atoms with E-state index in [9.17, 15) is 20.4 Å². The molecule has 0 saturated carbocycles. The highest BCUT2D eigenvalue weighted by Gasteiger charge is 2.51. The van der Waals surface area contributed by atoms with E-state index in [0.717, 1.165) is 6.08 Å². The molecule has 0 bridgehead atoms. The SMILES string of the molecule is CC=C[C@@]1(O)O[C@H](CO)[C@@H](O)[C@H](O)[C@@H]1O. The summed E-state index contributed by atoms with van der Waals surface area (Å²) in [5.41, 5.74) is 0. The largest absolute Gasteiger partial charge is 0.394 e. The Balaban J connectivity index is 2.92. The molecule has 1 aliphatic rings. The monoisotopic (exact) mass is 220 g/mol. The van der Waals surface area contributed by atoms with E-state index >= 15 is 0 Å². The van der Waals surface area contributed by atoms with Crippen LogP contribution in [0, 0.1) is 0 Å². The summed E-state index contributed by atoms with van der Waals surface area (Å²) in [6.07, 6.45) is -3.22. The Kier molecular flexibility index (Phi) is 3.82. The number of hydrogen-bond donors (Lipinski definition) is 5. The summed E-state index contributed by atoms with van der Waals surface area (Å²) in [6, 6.07) is 0. The summed E-state index contributed by atoms with van der Waals surface area (Å²) in [4.78, 5) is 0. The zero-order valence-corrected chi connectivity index (χ0v) is 8.32. The van der Waals surface area contributed by atoms with Crippen molar-refractivity contribution in [1.82, 2.24) is 0 Å². The average Bonchev–Trinajstić information content (AvgIpc) is 2.21. The molecule has 15 heavy (non-hydrogen) atoms. The Bertz CT molecular complexity index is 241. The van der Waals surface area contributed by atoms with Crippen molar-refractivity contribution >= 4 is 0 Å². The average molecular weight is 220 g/mol. The minimum atomic E-state index is -2.08. The lowest BCUT2D eigenvalue weighted by molar-refractivity contribution is -0.327. The van der Waals surface area contributed by atoms with E-state index in [2.05, 4.69) is 0 Å². The van der Waals surface area contributed by atoms with Gasteiger partial charge in [0, 0.05) is 0 Å². The van der Waals surface area contributed by atoms with Gasteiger partial charge in [-0.3, -0.25) is 0 Å². The van der Waals surface area contributed by atoms with Gasteiger partial charge in [0.1, 0.15) is 24.4 Å². The fourth-order valence-corrected chi connectivity index (χ4v) is 1.56. The van der Waals surface area contributed by atoms with Crippen molar-refractivity contribution in [3.8, 4) is 0 Å². The second kappa shape index (κ2) is 4.56. The van der Waals surface area contributed by atoms with Crippen LogP contribution in [-0.4, -0.2) is 62.3 Å². The summed E-state index contributed by atoms with van der Waals surface area (Å²) in [5, 5.41) is 46.9. The van der Waals surface area contributed by atoms with Crippen LogP contribution in [0.5, 0.6) is 0 Å². The second-order valence-corrected chi connectivity index (χ2v) is 3.52. The molecule has 5 atom stereocenters. The van der Waals surface area contributed by atoms with Gasteiger partial charge >= 0.3 is 0 Å². The Morgan fingerprint density at radius 1 is 1.27 bits per heavy atom. The Morgan fingerprint density at radius 2 is 1.87 bits per heavy atom. The molecule has 0 spiro atoms. The molecule has 1 fully saturated rings. The van der Waals surface area contributed by atoms with Gasteiger partial charge in [0.25, 0.3) is 0 Å². The molecule has 88 valence electrons. The minimum Gasteiger partial charge on any atom is -0.394 e. The molecule has 6 heteroatoms. The van der Waals surface area contributed by atoms with Crippen LogP contribution in [0.4, 0.5) is 0 Å². The smallest absolute Gasteiger partial charge is 0.215 e. The summed E-state index contributed by atoms with van der Waals surface area (Å²) >= 11 is 0. The lowest BCUT2D eigenvalue weighted by Gasteiger charge is -2.43. The molecule has 0 aliphatic carbocycles. The Hall–Kier alpha value is -0.500. The van der Waals surface area contributed by atoms with Crippen LogP contribution in [0.3, 0.4) is 0 Å². The molecule has 0 aromatic heterocycles. The maximum Gasteiger partial charge on any atom is 0.215 e. The molecule has 5 N–H and O–H groups in total. The molecule has 1 heterocycles. The van der Waals surface area contributed by atoms with Crippen LogP contribution in [-0.2, 0) is 4.74 Å². The van der Waals surface area contributed by atoms with Gasteiger partial charge < -0.3 is 30.3 Å². The van der Waals surface area contributed by atoms with Gasteiger partial charge in [-0.15, -0.1) is 0 Å². The molecular weight excluding hydrogens is 204 g/mol. The summed E-state index contributed by atoms with van der Waals surface area (Å²) in [7, 11) is 0. The zero-order valence-electron chi connectivity index (χ0n) is 8.32. The number of aliphatic hydroxyl groups excluding tert-OH is 4. The summed E-state index contributed by atoms with van der Waals surface area (Å²) < 4.78 is 4.92. The standard InChI is InChI=1S/C9H16O6/c1-2-3-9(14)8(13)7(12)6(11)5(4-10)15-9/h2-3,5-8,10-14H,4H2,1H3/t5-,6-,7+,8+,9-/m1/s1. The van der Waals surface area contributed by atoms with Crippen molar-refractivity contribution in [2.75, 3.05) is 6.61 Å². The van der Waals surface area contributed by atoms with Gasteiger partial charge in [0.05, 0.1) is 6.61 Å². The third kappa shape index (κ3) is 2.20. The fourth-order valence-electron chi connectivity index (χ4n) is 1.56. The third-order valence-corrected chi connectivity index (χ3v) is 2.40. The van der Waals surface area contributed by atoms with Crippen LogP contribution in [0.15, 0.2) is 12.2 Å². The molecule has 0 aromatic carbocycles. The molecule has 0 unspecified atom stereocenters. The molecular formula is C9H16O6. The number of hydrogen-bond acceptors (Lipinski definition) is 6. The van der Waals surface area contributed by atoms with Gasteiger partial charge in [0.15, 0.2) is 0 Å². The first-order valence-corrected chi connectivity index (χ1v) is 4.65. The Labute approximate surface area is 87.0 Å². The van der Waals surface area contributed by atoms with Gasteiger partial charge in [-0.25, -0.2) is 0 Å². The Morgan fingerprint density at radius 3 is 2.33 bits per heavy atom. The molecule has 1 aliphatic heterocycles. The third-order valence-electron chi connectivity index (χ3n) is 2.40. The topological polar surface area (TPSA) is 110 Å². The van der Waals surface area contributed by atoms with Crippen molar-refractivity contribution in [2.24, 2.45) is 0 Å². The predicted molar refractivity (Wildman–Crippen MR) is 49.7 cm³/mol. The lowest BCUT2D eigenvalue weighted by atomic mass is 9.92. The van der Waals surface area contributed by atoms with Crippen molar-refractivity contribution < 1.29 is 30.3 Å². The predicted octanol–water partition coefficient (Wildman–Crippen LogP) is -2.28. The first-order chi connectivity index (χ1) is 6.96. The van der Waals surface area contributed by atoms with Gasteiger partial charge in [-0.2, -0.15) is 0 Å². The van der Waals surface area contributed by atoms with E-state index < -0.39 is 36.8 Å². The maximum absolute atomic E-state index is 9.79. The number of aliphatic hydroxyl groups is 5. The van der Waals surface area contributed by atoms with Gasteiger partial charge in [-0.1, -0.05) is 6.08 Å². The normalized spacial score (nSPS) is 47.3. The first-order valence-electron chi connectivity index (χ1n) is 4.65. The summed E-state index contributed by atoms with van der Waals surface area (Å²) in [6.45, 7) is 1.03. The quantitative estimate of drug-likeness (QED) is 0.335. The van der Waals surface area contributed by atoms with E-state index in [-0.39, 0.29) is 0 Å². The highest BCUT2D eigenvalue weighted by Crippen LogP contribution is 2.29. The van der Waals surface area contributed by atoms with Gasteiger partial charge in [-0.05, 0) is 13.0 Å². The van der Waals surface area contributed by atoms with Crippen LogP contribution in [0.1, 0.15) is 6.92 Å². The van der Waals surface area contributed by atoms with Crippen molar-refractivity contribution in [3.05, 3.63) is 12.2 Å². The molecule has 0 radical (unpaired) electrons. The highest BCUT2D eigenvalue weighted by molar-refractivity contribution is 5.06. The second-order valence-electron chi connectivity index (χ2n) is 3.52. The lowest BCUT2D eigenvalue weighted by Crippen LogP contribution is -2.64. The number of rotatable bonds is 2. The maximum atomic E-state index is 9.79. The molecule has 1 saturated heterocycles. The number of allylic oxidation sites excluding steroid dienone is 1. The fraction of sp³-hybridized carbons (Fsp3) is 0.778. The number of ether oxygens (including phenoxy) is 1. The first kappa shape index (κ1) is 12.6. The van der Waals surface area contributed by atoms with Crippen molar-refractivity contribution in [3.63, 3.8) is 0 Å². The highest BCUT2D eigenvalue weighted by atomic mass is 16.7. The molecule has 6 nitrogen and oxygen atoms in total. The van der Waals surface area contributed by atoms with E-state index in [1.807, 2.05) is 0 Å². The van der Waals surface area contributed by atoms with Crippen LogP contribution >= 0.6 is 0 Å². The van der Waals surface area contributed by atoms with E-state index in [1.165, 1.54) is 6.08 Å². The van der Waals surface area contributed by atoms with E-state index in [1.54, 1.807) is 6.92 Å². The molecule has 0 aromatic rings. The van der Waals surface area contributed by atoms with Gasteiger partial charge in [0.2, 0.25) is 5.79 Å². The zero-order chi connectivity index (χ0) is 11.6. The van der Waals surface area contributed by atoms with Crippen LogP contribution < -0.4 is 0 Å². The summed E-state index contributed by atoms with van der Waals surface area (Å²) in [5.74, 6) is -2.08. The minimum absolute atomic E-state index is 0.565. The molecule has 1 rings (SSSR count). The van der Waals surface area contributed by atoms with Crippen molar-refractivity contribution in [2.45, 2.75) is 37.1 Å². The van der Waals surface area contributed by atoms with Crippen LogP contribution in [0.2, 0.25) is 0 Å². The van der Waals surface area contributed by atoms with Crippen molar-refractivity contribution in [1.29, 1.82) is 0 Å².